The first-order valence-corrected chi connectivity index (χ1v) is 9.04. The van der Waals surface area contributed by atoms with Crippen LogP contribution in [-0.2, 0) is 10.9 Å². The van der Waals surface area contributed by atoms with Crippen molar-refractivity contribution >= 4 is 17.5 Å². The van der Waals surface area contributed by atoms with Crippen molar-refractivity contribution in [2.45, 2.75) is 54.5 Å². The van der Waals surface area contributed by atoms with Gasteiger partial charge in [0.25, 0.3) is 5.92 Å². The zero-order valence-electron chi connectivity index (χ0n) is 14.9. The predicted octanol–water partition coefficient (Wildman–Crippen LogP) is 5.25. The highest BCUT2D eigenvalue weighted by atomic mass is 32.2. The lowest BCUT2D eigenvalue weighted by atomic mass is 9.94. The van der Waals surface area contributed by atoms with Gasteiger partial charge >= 0.3 is 6.18 Å². The second kappa shape index (κ2) is 7.79. The summed E-state index contributed by atoms with van der Waals surface area (Å²) in [5.74, 6) is -3.31. The molecule has 1 aliphatic rings. The number of ether oxygens (including phenoxy) is 1. The van der Waals surface area contributed by atoms with E-state index in [1.807, 2.05) is 6.92 Å². The van der Waals surface area contributed by atoms with E-state index in [9.17, 15) is 22.0 Å². The lowest BCUT2D eigenvalue weighted by molar-refractivity contribution is -0.137. The van der Waals surface area contributed by atoms with Crippen molar-refractivity contribution in [3.8, 4) is 0 Å². The van der Waals surface area contributed by atoms with Gasteiger partial charge in [-0.3, -0.25) is 5.41 Å². The zero-order chi connectivity index (χ0) is 20.5. The Bertz CT molecular complexity index is 729. The van der Waals surface area contributed by atoms with Crippen LogP contribution in [0.4, 0.5) is 22.0 Å². The van der Waals surface area contributed by atoms with Gasteiger partial charge in [0, 0.05) is 28.9 Å². The van der Waals surface area contributed by atoms with Crippen LogP contribution in [0, 0.1) is 5.41 Å². The third kappa shape index (κ3) is 5.93. The minimum Gasteiger partial charge on any atom is -0.400 e. The molecule has 2 rings (SSSR count). The molecule has 0 bridgehead atoms. The van der Waals surface area contributed by atoms with Gasteiger partial charge in [-0.1, -0.05) is 6.07 Å². The molecule has 0 spiro atoms. The third-order valence-corrected chi connectivity index (χ3v) is 5.60. The van der Waals surface area contributed by atoms with Crippen LogP contribution in [0.15, 0.2) is 40.9 Å². The van der Waals surface area contributed by atoms with Gasteiger partial charge in [-0.15, -0.1) is 11.8 Å². The van der Waals surface area contributed by atoms with Gasteiger partial charge in [0.15, 0.2) is 0 Å². The molecule has 0 aliphatic carbocycles. The molecule has 1 fully saturated rings. The van der Waals surface area contributed by atoms with E-state index >= 15 is 0 Å². The molecule has 0 amide bonds. The first kappa shape index (κ1) is 21.7. The van der Waals surface area contributed by atoms with Crippen molar-refractivity contribution in [3.05, 3.63) is 41.6 Å². The molecule has 1 aliphatic heterocycles. The summed E-state index contributed by atoms with van der Waals surface area (Å²) in [6.45, 7) is 2.77. The molecule has 1 saturated heterocycles. The van der Waals surface area contributed by atoms with Crippen molar-refractivity contribution in [2.75, 3.05) is 6.61 Å². The lowest BCUT2D eigenvalue weighted by Gasteiger charge is -2.38. The summed E-state index contributed by atoms with van der Waals surface area (Å²) in [5, 5.41) is 7.38. The van der Waals surface area contributed by atoms with E-state index < -0.39 is 34.2 Å². The van der Waals surface area contributed by atoms with Crippen molar-refractivity contribution in [2.24, 2.45) is 5.73 Å². The Labute approximate surface area is 158 Å². The van der Waals surface area contributed by atoms with E-state index in [1.165, 1.54) is 17.8 Å². The van der Waals surface area contributed by atoms with Crippen LogP contribution < -0.4 is 5.73 Å². The maximum absolute atomic E-state index is 13.2. The van der Waals surface area contributed by atoms with Crippen LogP contribution in [0.3, 0.4) is 0 Å². The SMILES string of the molecule is CC1(Sc2cccc(C(F)(F)F)c2)CCOC(/C(N)=C/C(=N)C(C)(F)F)C1. The Kier molecular flexibility index (Phi) is 6.26. The summed E-state index contributed by atoms with van der Waals surface area (Å²) in [5.41, 5.74) is 4.22. The molecule has 2 unspecified atom stereocenters. The molecule has 3 N–H and O–H groups in total. The maximum Gasteiger partial charge on any atom is 0.416 e. The number of hydrogen-bond donors (Lipinski definition) is 2. The highest BCUT2D eigenvalue weighted by Crippen LogP contribution is 2.43. The summed E-state index contributed by atoms with van der Waals surface area (Å²) in [6.07, 6.45) is -3.30. The molecular formula is C18H21F5N2OS. The van der Waals surface area contributed by atoms with Gasteiger partial charge in [0.2, 0.25) is 0 Å². The van der Waals surface area contributed by atoms with Gasteiger partial charge in [-0.2, -0.15) is 22.0 Å². The maximum atomic E-state index is 13.2. The molecule has 0 aromatic heterocycles. The Morgan fingerprint density at radius 3 is 2.59 bits per heavy atom. The molecule has 0 saturated carbocycles. The third-order valence-electron chi connectivity index (χ3n) is 4.25. The molecule has 1 heterocycles. The quantitative estimate of drug-likeness (QED) is 0.517. The number of nitrogens with one attached hydrogen (secondary N) is 1. The zero-order valence-corrected chi connectivity index (χ0v) is 15.7. The fourth-order valence-corrected chi connectivity index (χ4v) is 4.01. The molecule has 1 aromatic carbocycles. The second-order valence-electron chi connectivity index (χ2n) is 6.84. The predicted molar refractivity (Wildman–Crippen MR) is 95.3 cm³/mol. The molecule has 1 aromatic rings. The van der Waals surface area contributed by atoms with E-state index in [0.29, 0.717) is 24.7 Å². The minimum absolute atomic E-state index is 0.0112. The number of benzene rings is 1. The molecular weight excluding hydrogens is 387 g/mol. The second-order valence-corrected chi connectivity index (χ2v) is 8.50. The molecule has 150 valence electrons. The fraction of sp³-hybridized carbons (Fsp3) is 0.500. The monoisotopic (exact) mass is 408 g/mol. The average Bonchev–Trinajstić information content (AvgIpc) is 2.53. The summed E-state index contributed by atoms with van der Waals surface area (Å²) in [6, 6.07) is 5.05. The topological polar surface area (TPSA) is 59.1 Å². The molecule has 3 nitrogen and oxygen atoms in total. The van der Waals surface area contributed by atoms with Crippen molar-refractivity contribution in [3.63, 3.8) is 0 Å². The number of thioether (sulfide) groups is 1. The van der Waals surface area contributed by atoms with Gasteiger partial charge in [-0.05, 0) is 44.0 Å². The molecule has 27 heavy (non-hydrogen) atoms. The number of hydrogen-bond acceptors (Lipinski definition) is 4. The summed E-state index contributed by atoms with van der Waals surface area (Å²) in [4.78, 5) is 0.461. The van der Waals surface area contributed by atoms with Crippen LogP contribution in [0.1, 0.15) is 32.3 Å². The van der Waals surface area contributed by atoms with Gasteiger partial charge in [0.1, 0.15) is 5.71 Å². The summed E-state index contributed by atoms with van der Waals surface area (Å²) in [7, 11) is 0. The first-order chi connectivity index (χ1) is 12.3. The van der Waals surface area contributed by atoms with Gasteiger partial charge in [-0.25, -0.2) is 0 Å². The summed E-state index contributed by atoms with van der Waals surface area (Å²) >= 11 is 1.28. The van der Waals surface area contributed by atoms with Crippen LogP contribution in [0.25, 0.3) is 0 Å². The molecule has 9 heteroatoms. The smallest absolute Gasteiger partial charge is 0.400 e. The summed E-state index contributed by atoms with van der Waals surface area (Å²) < 4.78 is 70.0. The van der Waals surface area contributed by atoms with Crippen LogP contribution in [-0.4, -0.2) is 29.1 Å². The Morgan fingerprint density at radius 1 is 1.33 bits per heavy atom. The highest BCUT2D eigenvalue weighted by molar-refractivity contribution is 8.00. The van der Waals surface area contributed by atoms with Crippen molar-refractivity contribution < 1.29 is 26.7 Å². The Morgan fingerprint density at radius 2 is 2.00 bits per heavy atom. The number of alkyl halides is 5. The average molecular weight is 408 g/mol. The molecule has 0 radical (unpaired) electrons. The lowest BCUT2D eigenvalue weighted by Crippen LogP contribution is -2.39. The Hall–Kier alpha value is -1.61. The standard InChI is InChI=1S/C18H21F5N2OS/c1-16(27-12-5-3-4-11(8-12)18(21,22)23)6-7-26-14(10-16)13(24)9-15(25)17(2,19)20/h3-5,8-9,14,25H,6-7,10,24H2,1-2H3/b13-9-,25-15?. The van der Waals surface area contributed by atoms with Crippen molar-refractivity contribution in [1.82, 2.24) is 0 Å². The van der Waals surface area contributed by atoms with Crippen LogP contribution in [0.5, 0.6) is 0 Å². The van der Waals surface area contributed by atoms with Crippen LogP contribution in [0.2, 0.25) is 0 Å². The first-order valence-electron chi connectivity index (χ1n) is 8.22. The fourth-order valence-electron chi connectivity index (χ4n) is 2.68. The van der Waals surface area contributed by atoms with Gasteiger partial charge < -0.3 is 10.5 Å². The van der Waals surface area contributed by atoms with Gasteiger partial charge in [0.05, 0.1) is 11.7 Å². The van der Waals surface area contributed by atoms with E-state index in [4.69, 9.17) is 15.9 Å². The Balaban J connectivity index is 2.14. The number of nitrogens with two attached hydrogens (primary N) is 1. The van der Waals surface area contributed by atoms with E-state index in [2.05, 4.69) is 0 Å². The normalized spacial score (nSPS) is 24.7. The van der Waals surface area contributed by atoms with E-state index in [0.717, 1.165) is 18.2 Å². The number of allylic oxidation sites excluding steroid dienone is 1. The van der Waals surface area contributed by atoms with Crippen LogP contribution >= 0.6 is 11.8 Å². The molecule has 2 atom stereocenters. The largest absolute Gasteiger partial charge is 0.416 e. The van der Waals surface area contributed by atoms with E-state index in [-0.39, 0.29) is 12.3 Å². The number of rotatable bonds is 5. The van der Waals surface area contributed by atoms with Crippen molar-refractivity contribution in [1.29, 1.82) is 5.41 Å². The minimum atomic E-state index is -4.42. The van der Waals surface area contributed by atoms with E-state index in [1.54, 1.807) is 6.07 Å². The highest BCUT2D eigenvalue weighted by Gasteiger charge is 2.37. The number of halogens is 5.